The summed E-state index contributed by atoms with van der Waals surface area (Å²) in [5.74, 6) is 0.0866. The van der Waals surface area contributed by atoms with Gasteiger partial charge in [-0.1, -0.05) is 64.9 Å². The molecule has 0 amide bonds. The van der Waals surface area contributed by atoms with Crippen LogP contribution in [0.15, 0.2) is 11.9 Å². The van der Waals surface area contributed by atoms with Crippen LogP contribution in [0.1, 0.15) is 78.1 Å². The normalized spacial score (nSPS) is 12.1. The Labute approximate surface area is 95.0 Å². The van der Waals surface area contributed by atoms with Gasteiger partial charge in [0, 0.05) is 0 Å². The van der Waals surface area contributed by atoms with Crippen molar-refractivity contribution in [1.82, 2.24) is 0 Å². The lowest BCUT2D eigenvalue weighted by molar-refractivity contribution is 0.532. The van der Waals surface area contributed by atoms with Gasteiger partial charge in [-0.05, 0) is 19.3 Å². The largest absolute Gasteiger partial charge is 0.212 e. The third kappa shape index (κ3) is 11.6. The van der Waals surface area contributed by atoms with Gasteiger partial charge in [0.2, 0.25) is 0 Å². The second kappa shape index (κ2) is 11.7. The van der Waals surface area contributed by atoms with Crippen LogP contribution in [-0.4, -0.2) is 0 Å². The molecular formula is C14H27F. The molecule has 1 heteroatoms. The van der Waals surface area contributed by atoms with Crippen LogP contribution in [0.25, 0.3) is 0 Å². The number of hydrogen-bond donors (Lipinski definition) is 0. The van der Waals surface area contributed by atoms with Gasteiger partial charge < -0.3 is 0 Å². The maximum atomic E-state index is 12.9. The van der Waals surface area contributed by atoms with Crippen molar-refractivity contribution in [3.05, 3.63) is 11.9 Å². The molecule has 0 saturated carbocycles. The third-order valence-electron chi connectivity index (χ3n) is 2.69. The molecule has 0 heterocycles. The van der Waals surface area contributed by atoms with Crippen LogP contribution < -0.4 is 0 Å². The minimum atomic E-state index is 0.0866. The first-order valence-electron chi connectivity index (χ1n) is 6.65. The molecule has 90 valence electrons. The number of rotatable bonds is 10. The fraction of sp³-hybridized carbons (Fsp3) is 0.857. The van der Waals surface area contributed by atoms with E-state index in [1.54, 1.807) is 6.08 Å². The van der Waals surface area contributed by atoms with Crippen molar-refractivity contribution >= 4 is 0 Å². The first-order valence-corrected chi connectivity index (χ1v) is 6.65. The predicted molar refractivity (Wildman–Crippen MR) is 66.7 cm³/mol. The molecular weight excluding hydrogens is 187 g/mol. The second-order valence-corrected chi connectivity index (χ2v) is 4.28. The molecule has 0 aliphatic rings. The Morgan fingerprint density at radius 2 is 1.40 bits per heavy atom. The first kappa shape index (κ1) is 14.7. The van der Waals surface area contributed by atoms with E-state index in [0.29, 0.717) is 6.42 Å². The Balaban J connectivity index is 3.08. The van der Waals surface area contributed by atoms with E-state index >= 15 is 0 Å². The van der Waals surface area contributed by atoms with Crippen molar-refractivity contribution in [2.75, 3.05) is 0 Å². The Kier molecular flexibility index (Phi) is 11.5. The molecule has 0 atom stereocenters. The number of unbranched alkanes of at least 4 members (excludes halogenated alkanes) is 7. The van der Waals surface area contributed by atoms with Gasteiger partial charge >= 0.3 is 0 Å². The van der Waals surface area contributed by atoms with E-state index in [0.717, 1.165) is 12.8 Å². The highest BCUT2D eigenvalue weighted by atomic mass is 19.1. The quantitative estimate of drug-likeness (QED) is 0.404. The van der Waals surface area contributed by atoms with Gasteiger partial charge in [-0.2, -0.15) is 0 Å². The highest BCUT2D eigenvalue weighted by molar-refractivity contribution is 4.90. The molecule has 0 spiro atoms. The molecule has 0 rings (SSSR count). The van der Waals surface area contributed by atoms with Crippen LogP contribution >= 0.6 is 0 Å². The SMILES string of the molecule is CC/C=C(\F)CCCCCCCCCC. The van der Waals surface area contributed by atoms with Crippen LogP contribution in [0.4, 0.5) is 4.39 Å². The van der Waals surface area contributed by atoms with Gasteiger partial charge in [-0.25, -0.2) is 4.39 Å². The summed E-state index contributed by atoms with van der Waals surface area (Å²) in [5, 5.41) is 0. The van der Waals surface area contributed by atoms with Gasteiger partial charge in [0.1, 0.15) is 0 Å². The van der Waals surface area contributed by atoms with Crippen molar-refractivity contribution in [3.63, 3.8) is 0 Å². The Morgan fingerprint density at radius 1 is 0.867 bits per heavy atom. The summed E-state index contributed by atoms with van der Waals surface area (Å²) >= 11 is 0. The fourth-order valence-electron chi connectivity index (χ4n) is 1.75. The van der Waals surface area contributed by atoms with Crippen LogP contribution in [-0.2, 0) is 0 Å². The lowest BCUT2D eigenvalue weighted by Gasteiger charge is -2.00. The molecule has 0 aromatic heterocycles. The molecule has 0 N–H and O–H groups in total. The molecule has 0 aromatic carbocycles. The Hall–Kier alpha value is -0.330. The van der Waals surface area contributed by atoms with Gasteiger partial charge in [-0.15, -0.1) is 0 Å². The zero-order chi connectivity index (χ0) is 11.4. The van der Waals surface area contributed by atoms with Crippen LogP contribution in [0, 0.1) is 0 Å². The molecule has 0 nitrogen and oxygen atoms in total. The highest BCUT2D eigenvalue weighted by Crippen LogP contribution is 2.13. The average molecular weight is 214 g/mol. The molecule has 0 bridgehead atoms. The predicted octanol–water partition coefficient (Wildman–Crippen LogP) is 5.78. The third-order valence-corrected chi connectivity index (χ3v) is 2.69. The minimum absolute atomic E-state index is 0.0866. The van der Waals surface area contributed by atoms with E-state index in [2.05, 4.69) is 6.92 Å². The van der Waals surface area contributed by atoms with E-state index < -0.39 is 0 Å². The summed E-state index contributed by atoms with van der Waals surface area (Å²) in [6, 6.07) is 0. The molecule has 0 unspecified atom stereocenters. The molecule has 0 aliphatic heterocycles. The summed E-state index contributed by atoms with van der Waals surface area (Å²) in [5.41, 5.74) is 0. The summed E-state index contributed by atoms with van der Waals surface area (Å²) in [7, 11) is 0. The fourth-order valence-corrected chi connectivity index (χ4v) is 1.75. The van der Waals surface area contributed by atoms with Gasteiger partial charge in [0.25, 0.3) is 0 Å². The standard InChI is InChI=1S/C14H27F/c1-3-5-6-7-8-9-10-11-13-14(15)12-4-2/h12H,3-11,13H2,1-2H3/b14-12-. The Bertz CT molecular complexity index is 149. The van der Waals surface area contributed by atoms with E-state index in [9.17, 15) is 4.39 Å². The zero-order valence-corrected chi connectivity index (χ0v) is 10.5. The molecule has 15 heavy (non-hydrogen) atoms. The Morgan fingerprint density at radius 3 is 1.93 bits per heavy atom. The first-order chi connectivity index (χ1) is 7.31. The van der Waals surface area contributed by atoms with Crippen molar-refractivity contribution in [3.8, 4) is 0 Å². The van der Waals surface area contributed by atoms with Gasteiger partial charge in [0.15, 0.2) is 0 Å². The molecule has 0 saturated heterocycles. The van der Waals surface area contributed by atoms with E-state index in [1.165, 1.54) is 44.9 Å². The van der Waals surface area contributed by atoms with Gasteiger partial charge in [0.05, 0.1) is 5.83 Å². The second-order valence-electron chi connectivity index (χ2n) is 4.28. The topological polar surface area (TPSA) is 0 Å². The van der Waals surface area contributed by atoms with Crippen molar-refractivity contribution < 1.29 is 4.39 Å². The van der Waals surface area contributed by atoms with E-state index in [1.807, 2.05) is 6.92 Å². The zero-order valence-electron chi connectivity index (χ0n) is 10.5. The maximum Gasteiger partial charge on any atom is 0.0959 e. The summed E-state index contributed by atoms with van der Waals surface area (Å²) in [6.45, 7) is 4.22. The lowest BCUT2D eigenvalue weighted by atomic mass is 10.1. The lowest BCUT2D eigenvalue weighted by Crippen LogP contribution is -1.81. The number of allylic oxidation sites excluding steroid dienone is 2. The van der Waals surface area contributed by atoms with Crippen molar-refractivity contribution in [1.29, 1.82) is 0 Å². The molecule has 0 radical (unpaired) electrons. The van der Waals surface area contributed by atoms with Crippen LogP contribution in [0.2, 0.25) is 0 Å². The van der Waals surface area contributed by atoms with E-state index in [-0.39, 0.29) is 5.83 Å². The molecule has 0 aromatic rings. The summed E-state index contributed by atoms with van der Waals surface area (Å²) in [6.07, 6.45) is 13.4. The molecule has 0 aliphatic carbocycles. The minimum Gasteiger partial charge on any atom is -0.212 e. The summed E-state index contributed by atoms with van der Waals surface area (Å²) in [4.78, 5) is 0. The summed E-state index contributed by atoms with van der Waals surface area (Å²) < 4.78 is 12.9. The van der Waals surface area contributed by atoms with Crippen molar-refractivity contribution in [2.45, 2.75) is 78.1 Å². The number of hydrogen-bond acceptors (Lipinski definition) is 0. The average Bonchev–Trinajstić information content (AvgIpc) is 2.22. The van der Waals surface area contributed by atoms with Crippen molar-refractivity contribution in [2.24, 2.45) is 0 Å². The van der Waals surface area contributed by atoms with Gasteiger partial charge in [-0.3, -0.25) is 0 Å². The monoisotopic (exact) mass is 214 g/mol. The molecule has 0 fully saturated rings. The highest BCUT2D eigenvalue weighted by Gasteiger charge is 1.95. The van der Waals surface area contributed by atoms with E-state index in [4.69, 9.17) is 0 Å². The number of halogens is 1. The van der Waals surface area contributed by atoms with Crippen LogP contribution in [0.5, 0.6) is 0 Å². The smallest absolute Gasteiger partial charge is 0.0959 e. The van der Waals surface area contributed by atoms with Crippen LogP contribution in [0.3, 0.4) is 0 Å². The maximum absolute atomic E-state index is 12.9.